The van der Waals surface area contributed by atoms with E-state index in [1.54, 1.807) is 36.4 Å². The predicted octanol–water partition coefficient (Wildman–Crippen LogP) is 4.58. The van der Waals surface area contributed by atoms with Crippen LogP contribution < -0.4 is 5.43 Å². The van der Waals surface area contributed by atoms with Crippen molar-refractivity contribution in [1.29, 1.82) is 0 Å². The number of aryl methyl sites for hydroxylation is 1. The number of rotatable bonds is 4. The first kappa shape index (κ1) is 19.1. The standard InChI is InChI=1S/C17H12ClF3N4OS/c1-25-15(17(19,20)21)8-13(24-25)14-7-6-12(27-14)9-22-23-16(26)10-2-4-11(18)5-3-10/h2-9H,1H3,(H,23,26)/b22-9+. The molecular formula is C17H12ClF3N4OS. The van der Waals surface area contributed by atoms with Crippen molar-refractivity contribution in [2.45, 2.75) is 6.18 Å². The topological polar surface area (TPSA) is 59.3 Å². The number of alkyl halides is 3. The molecule has 2 aromatic heterocycles. The quantitative estimate of drug-likeness (QED) is 0.503. The average molecular weight is 413 g/mol. The van der Waals surface area contributed by atoms with Crippen LogP contribution in [0.25, 0.3) is 10.6 Å². The molecule has 0 saturated carbocycles. The van der Waals surface area contributed by atoms with Gasteiger partial charge in [-0.2, -0.15) is 23.4 Å². The minimum Gasteiger partial charge on any atom is -0.267 e. The van der Waals surface area contributed by atoms with Crippen LogP contribution in [0.4, 0.5) is 13.2 Å². The molecule has 0 fully saturated rings. The van der Waals surface area contributed by atoms with E-state index in [2.05, 4.69) is 15.6 Å². The van der Waals surface area contributed by atoms with Crippen molar-refractivity contribution in [3.63, 3.8) is 0 Å². The van der Waals surface area contributed by atoms with E-state index in [1.807, 2.05) is 0 Å². The van der Waals surface area contributed by atoms with Gasteiger partial charge < -0.3 is 0 Å². The van der Waals surface area contributed by atoms with Gasteiger partial charge in [0.2, 0.25) is 0 Å². The maximum absolute atomic E-state index is 12.9. The molecule has 2 heterocycles. The second kappa shape index (κ2) is 7.53. The van der Waals surface area contributed by atoms with Gasteiger partial charge in [0.05, 0.1) is 11.1 Å². The third-order valence-corrected chi connectivity index (χ3v) is 4.81. The van der Waals surface area contributed by atoms with Crippen LogP contribution in [0.2, 0.25) is 5.02 Å². The van der Waals surface area contributed by atoms with Crippen LogP contribution in [-0.2, 0) is 13.2 Å². The fraction of sp³-hybridized carbons (Fsp3) is 0.118. The zero-order valence-corrected chi connectivity index (χ0v) is 15.4. The zero-order chi connectivity index (χ0) is 19.6. The second-order valence-electron chi connectivity index (χ2n) is 5.44. The zero-order valence-electron chi connectivity index (χ0n) is 13.8. The number of halogens is 4. The minimum atomic E-state index is -4.46. The molecule has 5 nitrogen and oxygen atoms in total. The van der Waals surface area contributed by atoms with Crippen molar-refractivity contribution in [3.8, 4) is 10.6 Å². The van der Waals surface area contributed by atoms with Crippen molar-refractivity contribution in [3.05, 3.63) is 63.6 Å². The number of thiophene rings is 1. The first-order valence-corrected chi connectivity index (χ1v) is 8.74. The number of nitrogens with zero attached hydrogens (tertiary/aromatic N) is 3. The summed E-state index contributed by atoms with van der Waals surface area (Å²) in [6.07, 6.45) is -3.05. The number of hydrogen-bond acceptors (Lipinski definition) is 4. The van der Waals surface area contributed by atoms with E-state index in [1.165, 1.54) is 24.6 Å². The molecule has 3 aromatic rings. The molecule has 1 aromatic carbocycles. The number of hydrazone groups is 1. The molecule has 0 aliphatic carbocycles. The Morgan fingerprint density at radius 2 is 1.96 bits per heavy atom. The Morgan fingerprint density at radius 1 is 1.26 bits per heavy atom. The van der Waals surface area contributed by atoms with Crippen molar-refractivity contribution < 1.29 is 18.0 Å². The summed E-state index contributed by atoms with van der Waals surface area (Å²) in [7, 11) is 1.24. The van der Waals surface area contributed by atoms with Gasteiger partial charge in [-0.1, -0.05) is 11.6 Å². The normalized spacial score (nSPS) is 11.9. The molecule has 1 amide bonds. The van der Waals surface area contributed by atoms with Gasteiger partial charge in [0.25, 0.3) is 5.91 Å². The number of amides is 1. The highest BCUT2D eigenvalue weighted by Gasteiger charge is 2.35. The molecular weight excluding hydrogens is 401 g/mol. The summed E-state index contributed by atoms with van der Waals surface area (Å²) in [5.41, 5.74) is 2.17. The molecule has 0 unspecified atom stereocenters. The SMILES string of the molecule is Cn1nc(-c2ccc(/C=N/NC(=O)c3ccc(Cl)cc3)s2)cc1C(F)(F)F. The largest absolute Gasteiger partial charge is 0.433 e. The summed E-state index contributed by atoms with van der Waals surface area (Å²) >= 11 is 6.97. The molecule has 0 aliphatic rings. The Labute approximate surface area is 161 Å². The van der Waals surface area contributed by atoms with Crippen LogP contribution in [0.5, 0.6) is 0 Å². The number of aromatic nitrogens is 2. The van der Waals surface area contributed by atoms with Gasteiger partial charge in [0.1, 0.15) is 11.4 Å². The lowest BCUT2D eigenvalue weighted by atomic mass is 10.2. The fourth-order valence-corrected chi connectivity index (χ4v) is 3.19. The first-order valence-electron chi connectivity index (χ1n) is 7.54. The van der Waals surface area contributed by atoms with Crippen molar-refractivity contribution in [2.24, 2.45) is 12.1 Å². The van der Waals surface area contributed by atoms with Crippen molar-refractivity contribution in [1.82, 2.24) is 15.2 Å². The maximum Gasteiger partial charge on any atom is 0.433 e. The third kappa shape index (κ3) is 4.55. The van der Waals surface area contributed by atoms with Crippen LogP contribution >= 0.6 is 22.9 Å². The number of nitrogens with one attached hydrogen (secondary N) is 1. The molecule has 3 rings (SSSR count). The highest BCUT2D eigenvalue weighted by Crippen LogP contribution is 2.33. The van der Waals surface area contributed by atoms with Crippen LogP contribution in [0.3, 0.4) is 0 Å². The minimum absolute atomic E-state index is 0.222. The maximum atomic E-state index is 12.9. The third-order valence-electron chi connectivity index (χ3n) is 3.51. The van der Waals surface area contributed by atoms with Crippen LogP contribution in [-0.4, -0.2) is 21.9 Å². The van der Waals surface area contributed by atoms with E-state index < -0.39 is 17.8 Å². The Kier molecular flexibility index (Phi) is 5.33. The van der Waals surface area contributed by atoms with Crippen molar-refractivity contribution >= 4 is 35.1 Å². The lowest BCUT2D eigenvalue weighted by Crippen LogP contribution is -2.17. The van der Waals surface area contributed by atoms with E-state index in [0.717, 1.165) is 10.7 Å². The molecule has 0 radical (unpaired) electrons. The Bertz CT molecular complexity index is 993. The van der Waals surface area contributed by atoms with Gasteiger partial charge in [-0.25, -0.2) is 5.43 Å². The van der Waals surface area contributed by atoms with E-state index >= 15 is 0 Å². The molecule has 0 bridgehead atoms. The van der Waals surface area contributed by atoms with E-state index in [9.17, 15) is 18.0 Å². The molecule has 0 saturated heterocycles. The number of hydrogen-bond donors (Lipinski definition) is 1. The molecule has 0 atom stereocenters. The number of benzene rings is 1. The van der Waals surface area contributed by atoms with Gasteiger partial charge in [0.15, 0.2) is 0 Å². The Hall–Kier alpha value is -2.65. The lowest BCUT2D eigenvalue weighted by molar-refractivity contribution is -0.143. The van der Waals surface area contributed by atoms with Crippen LogP contribution in [0.15, 0.2) is 47.6 Å². The van der Waals surface area contributed by atoms with E-state index in [0.29, 0.717) is 20.3 Å². The summed E-state index contributed by atoms with van der Waals surface area (Å²) < 4.78 is 39.4. The average Bonchev–Trinajstić information content (AvgIpc) is 3.21. The number of carbonyl (C=O) groups is 1. The van der Waals surface area contributed by atoms with Gasteiger partial charge in [-0.3, -0.25) is 9.48 Å². The fourth-order valence-electron chi connectivity index (χ4n) is 2.23. The molecule has 140 valence electrons. The van der Waals surface area contributed by atoms with Crippen LogP contribution in [0, 0.1) is 0 Å². The van der Waals surface area contributed by atoms with Crippen molar-refractivity contribution in [2.75, 3.05) is 0 Å². The summed E-state index contributed by atoms with van der Waals surface area (Å²) in [4.78, 5) is 13.1. The van der Waals surface area contributed by atoms with E-state index in [-0.39, 0.29) is 5.69 Å². The van der Waals surface area contributed by atoms with Gasteiger partial charge in [-0.05, 0) is 42.5 Å². The second-order valence-corrected chi connectivity index (χ2v) is 7.00. The lowest BCUT2D eigenvalue weighted by Gasteiger charge is -2.04. The Morgan fingerprint density at radius 3 is 2.59 bits per heavy atom. The molecule has 1 N–H and O–H groups in total. The van der Waals surface area contributed by atoms with Gasteiger partial charge in [0, 0.05) is 22.5 Å². The monoisotopic (exact) mass is 412 g/mol. The van der Waals surface area contributed by atoms with Crippen LogP contribution in [0.1, 0.15) is 20.9 Å². The first-order chi connectivity index (χ1) is 12.7. The van der Waals surface area contributed by atoms with Gasteiger partial charge in [-0.15, -0.1) is 11.3 Å². The molecule has 0 aliphatic heterocycles. The smallest absolute Gasteiger partial charge is 0.267 e. The summed E-state index contributed by atoms with van der Waals surface area (Å²) in [6.45, 7) is 0. The predicted molar refractivity (Wildman–Crippen MR) is 98.0 cm³/mol. The highest BCUT2D eigenvalue weighted by molar-refractivity contribution is 7.17. The summed E-state index contributed by atoms with van der Waals surface area (Å²) in [5.74, 6) is -0.403. The molecule has 0 spiro atoms. The summed E-state index contributed by atoms with van der Waals surface area (Å²) in [6, 6.07) is 10.6. The molecule has 27 heavy (non-hydrogen) atoms. The van der Waals surface area contributed by atoms with E-state index in [4.69, 9.17) is 11.6 Å². The Balaban J connectivity index is 1.68. The highest BCUT2D eigenvalue weighted by atomic mass is 35.5. The molecule has 10 heteroatoms. The number of carbonyl (C=O) groups excluding carboxylic acids is 1. The van der Waals surface area contributed by atoms with Gasteiger partial charge >= 0.3 is 6.18 Å². The summed E-state index contributed by atoms with van der Waals surface area (Å²) in [5, 5.41) is 8.27.